The lowest BCUT2D eigenvalue weighted by Crippen LogP contribution is -2.33. The predicted octanol–water partition coefficient (Wildman–Crippen LogP) is 12.3. The van der Waals surface area contributed by atoms with Gasteiger partial charge in [0, 0.05) is 38.9 Å². The number of carbonyl (C=O) groups is 2. The van der Waals surface area contributed by atoms with Crippen molar-refractivity contribution in [3.63, 3.8) is 0 Å². The summed E-state index contributed by atoms with van der Waals surface area (Å²) in [7, 11) is 0. The van der Waals surface area contributed by atoms with Crippen LogP contribution in [0.2, 0.25) is 0 Å². The molecule has 59 heavy (non-hydrogen) atoms. The van der Waals surface area contributed by atoms with Gasteiger partial charge in [-0.05, 0) is 64.4 Å². The van der Waals surface area contributed by atoms with Crippen LogP contribution in [-0.2, 0) is 30.8 Å². The number of hydrogen-bond acceptors (Lipinski definition) is 8. The summed E-state index contributed by atoms with van der Waals surface area (Å²) in [6.45, 7) is 11.0. The molecule has 0 aliphatic heterocycles. The van der Waals surface area contributed by atoms with Crippen molar-refractivity contribution in [3.05, 3.63) is 188 Å². The van der Waals surface area contributed by atoms with Gasteiger partial charge in [0.1, 0.15) is 29.4 Å². The smallest absolute Gasteiger partial charge is 0.331 e. The van der Waals surface area contributed by atoms with E-state index in [1.165, 1.54) is 34.8 Å². The average Bonchev–Trinajstić information content (AvgIpc) is 3.83. The number of alkyl halides is 1. The third-order valence-electron chi connectivity index (χ3n) is 7.82. The number of rotatable bonds is 11. The minimum Gasteiger partial charge on any atom is -0.459 e. The molecular formula is C48H49BrF2N2O4S2. The van der Waals surface area contributed by atoms with Crippen molar-refractivity contribution in [2.75, 3.05) is 6.54 Å². The van der Waals surface area contributed by atoms with E-state index < -0.39 is 23.2 Å². The van der Waals surface area contributed by atoms with Crippen LogP contribution in [0.3, 0.4) is 0 Å². The molecule has 0 spiro atoms. The molecule has 0 radical (unpaired) electrons. The van der Waals surface area contributed by atoms with Gasteiger partial charge in [-0.2, -0.15) is 0 Å². The van der Waals surface area contributed by atoms with E-state index in [-0.39, 0.29) is 30.6 Å². The summed E-state index contributed by atoms with van der Waals surface area (Å²) in [6.07, 6.45) is 0.154. The van der Waals surface area contributed by atoms with Gasteiger partial charge in [-0.25, -0.2) is 13.6 Å². The Bertz CT molecular complexity index is 2170. The second-order valence-electron chi connectivity index (χ2n) is 15.0. The fraction of sp³-hybridized carbons (Fsp3) is 0.250. The molecule has 11 heteroatoms. The number of carbonyl (C=O) groups excluding carboxylic acids is 2. The van der Waals surface area contributed by atoms with Crippen molar-refractivity contribution >= 4 is 62.0 Å². The van der Waals surface area contributed by atoms with Crippen LogP contribution in [0.1, 0.15) is 73.6 Å². The number of benzene rings is 4. The van der Waals surface area contributed by atoms with Crippen molar-refractivity contribution in [2.45, 2.75) is 70.5 Å². The molecule has 2 heterocycles. The standard InChI is InChI=1S/C24H24FNO2S.C19H21NO2.C5H4BrFS/c1-24(2,3)28-23(27)20(16-21-19(25)14-15-29-21)26-22(17-10-6-4-7-11-17)18-12-8-5-9-13-18;1-19(2,3)22-17(21)14-20-18(15-10-6-4-7-11-15)16-12-8-5-9-13-16;6-3-5-4(7)1-2-8-5/h4-15,20H,16H2,1-3H3;4-13H,14H2,1-3H3;1-2H,3H2. The summed E-state index contributed by atoms with van der Waals surface area (Å²) >= 11 is 5.87. The molecule has 6 nitrogen and oxygen atoms in total. The topological polar surface area (TPSA) is 77.3 Å². The Labute approximate surface area is 362 Å². The summed E-state index contributed by atoms with van der Waals surface area (Å²) in [4.78, 5) is 35.4. The Balaban J connectivity index is 0.000000225. The highest BCUT2D eigenvalue weighted by atomic mass is 79.9. The molecule has 4 aromatic carbocycles. The highest BCUT2D eigenvalue weighted by Crippen LogP contribution is 2.22. The van der Waals surface area contributed by atoms with E-state index in [0.717, 1.165) is 32.8 Å². The van der Waals surface area contributed by atoms with Crippen LogP contribution in [0.25, 0.3) is 0 Å². The molecule has 6 aromatic rings. The number of thiophene rings is 2. The third kappa shape index (κ3) is 16.2. The minimum atomic E-state index is -0.849. The molecule has 0 saturated heterocycles. The van der Waals surface area contributed by atoms with Gasteiger partial charge in [0.15, 0.2) is 6.04 Å². The molecule has 2 aromatic heterocycles. The monoisotopic (exact) mass is 898 g/mol. The third-order valence-corrected chi connectivity index (χ3v) is 10.6. The Morgan fingerprint density at radius 1 is 0.593 bits per heavy atom. The van der Waals surface area contributed by atoms with Crippen molar-refractivity contribution in [1.82, 2.24) is 0 Å². The van der Waals surface area contributed by atoms with Gasteiger partial charge in [-0.1, -0.05) is 137 Å². The summed E-state index contributed by atoms with van der Waals surface area (Å²) in [5.74, 6) is -1.21. The molecule has 308 valence electrons. The number of hydrogen-bond donors (Lipinski definition) is 0. The van der Waals surface area contributed by atoms with Gasteiger partial charge >= 0.3 is 11.9 Å². The first-order valence-corrected chi connectivity index (χ1v) is 21.8. The number of esters is 2. The van der Waals surface area contributed by atoms with Crippen molar-refractivity contribution in [3.8, 4) is 0 Å². The van der Waals surface area contributed by atoms with E-state index in [4.69, 9.17) is 14.5 Å². The van der Waals surface area contributed by atoms with E-state index >= 15 is 0 Å². The highest BCUT2D eigenvalue weighted by Gasteiger charge is 2.27. The van der Waals surface area contributed by atoms with E-state index in [9.17, 15) is 18.4 Å². The van der Waals surface area contributed by atoms with Gasteiger partial charge in [-0.3, -0.25) is 14.8 Å². The molecule has 0 fully saturated rings. The quantitative estimate of drug-likeness (QED) is 0.0737. The van der Waals surface area contributed by atoms with E-state index in [1.54, 1.807) is 10.8 Å². The summed E-state index contributed by atoms with van der Waals surface area (Å²) in [6, 6.07) is 41.1. The lowest BCUT2D eigenvalue weighted by molar-refractivity contribution is -0.156. The van der Waals surface area contributed by atoms with Crippen LogP contribution in [0, 0.1) is 11.6 Å². The Morgan fingerprint density at radius 3 is 1.32 bits per heavy atom. The van der Waals surface area contributed by atoms with Crippen LogP contribution >= 0.6 is 38.6 Å². The Morgan fingerprint density at radius 2 is 0.983 bits per heavy atom. The molecule has 0 aliphatic rings. The maximum Gasteiger partial charge on any atom is 0.331 e. The molecule has 0 aliphatic carbocycles. The van der Waals surface area contributed by atoms with Crippen molar-refractivity contribution in [2.24, 2.45) is 9.98 Å². The molecule has 0 amide bonds. The van der Waals surface area contributed by atoms with Crippen LogP contribution in [0.15, 0.2) is 154 Å². The zero-order chi connectivity index (χ0) is 42.8. The number of ether oxygens (including phenoxy) is 2. The normalized spacial score (nSPS) is 11.4. The summed E-state index contributed by atoms with van der Waals surface area (Å²) in [5, 5.41) is 4.04. The lowest BCUT2D eigenvalue weighted by Gasteiger charge is -2.23. The van der Waals surface area contributed by atoms with Crippen LogP contribution in [0.4, 0.5) is 8.78 Å². The highest BCUT2D eigenvalue weighted by molar-refractivity contribution is 9.08. The zero-order valence-electron chi connectivity index (χ0n) is 34.0. The van der Waals surface area contributed by atoms with Crippen LogP contribution in [-0.4, -0.2) is 47.2 Å². The summed E-state index contributed by atoms with van der Waals surface area (Å²) in [5.41, 5.74) is 4.07. The predicted molar refractivity (Wildman–Crippen MR) is 242 cm³/mol. The van der Waals surface area contributed by atoms with Crippen LogP contribution < -0.4 is 0 Å². The Hall–Kier alpha value is -5.10. The fourth-order valence-electron chi connectivity index (χ4n) is 5.34. The first kappa shape index (κ1) is 46.6. The van der Waals surface area contributed by atoms with Gasteiger partial charge in [-0.15, -0.1) is 22.7 Å². The molecule has 1 unspecified atom stereocenters. The first-order valence-electron chi connectivity index (χ1n) is 18.9. The number of nitrogens with zero attached hydrogens (tertiary/aromatic N) is 2. The average molecular weight is 900 g/mol. The maximum absolute atomic E-state index is 14.1. The largest absolute Gasteiger partial charge is 0.459 e. The van der Waals surface area contributed by atoms with Crippen molar-refractivity contribution < 1.29 is 27.8 Å². The lowest BCUT2D eigenvalue weighted by atomic mass is 10.0. The molecule has 1 atom stereocenters. The minimum absolute atomic E-state index is 0.0103. The number of halogens is 3. The molecule has 0 N–H and O–H groups in total. The van der Waals surface area contributed by atoms with E-state index in [1.807, 2.05) is 163 Å². The second-order valence-corrected chi connectivity index (χ2v) is 17.5. The molecule has 6 rings (SSSR count). The molecule has 0 bridgehead atoms. The first-order chi connectivity index (χ1) is 28.1. The Kier molecular flexibility index (Phi) is 18.1. The van der Waals surface area contributed by atoms with Gasteiger partial charge in [0.2, 0.25) is 0 Å². The molecular weight excluding hydrogens is 851 g/mol. The van der Waals surface area contributed by atoms with Crippen LogP contribution in [0.5, 0.6) is 0 Å². The fourth-order valence-corrected chi connectivity index (χ4v) is 7.39. The van der Waals surface area contributed by atoms with Gasteiger partial charge in [0.05, 0.1) is 16.3 Å². The van der Waals surface area contributed by atoms with E-state index in [0.29, 0.717) is 15.9 Å². The SMILES string of the molecule is CC(C)(C)OC(=O)C(Cc1sccc1F)N=C(c1ccccc1)c1ccccc1.CC(C)(C)OC(=O)CN=C(c1ccccc1)c1ccccc1.Fc1ccsc1CBr. The van der Waals surface area contributed by atoms with Crippen molar-refractivity contribution in [1.29, 1.82) is 0 Å². The zero-order valence-corrected chi connectivity index (χ0v) is 37.3. The molecule has 0 saturated carbocycles. The summed E-state index contributed by atoms with van der Waals surface area (Å²) < 4.78 is 37.3. The second kappa shape index (κ2) is 22.9. The number of aliphatic imine (C=N–C) groups is 2. The van der Waals surface area contributed by atoms with E-state index in [2.05, 4.69) is 20.9 Å². The maximum atomic E-state index is 14.1. The van der Waals surface area contributed by atoms with Gasteiger partial charge in [0.25, 0.3) is 0 Å². The van der Waals surface area contributed by atoms with Gasteiger partial charge < -0.3 is 9.47 Å².